The van der Waals surface area contributed by atoms with Crippen LogP contribution in [0.5, 0.6) is 0 Å². The van der Waals surface area contributed by atoms with E-state index in [2.05, 4.69) is 21.2 Å². The van der Waals surface area contributed by atoms with Crippen LogP contribution in [-0.4, -0.2) is 18.5 Å². The van der Waals surface area contributed by atoms with Gasteiger partial charge in [-0.25, -0.2) is 4.79 Å². The molecular formula is C16H11BrCl3NO3. The molecule has 0 spiro atoms. The molecule has 0 bridgehead atoms. The van der Waals surface area contributed by atoms with Crippen molar-refractivity contribution in [2.24, 2.45) is 0 Å². The van der Waals surface area contributed by atoms with E-state index in [1.54, 1.807) is 12.1 Å². The van der Waals surface area contributed by atoms with Gasteiger partial charge in [0, 0.05) is 15.2 Å². The summed E-state index contributed by atoms with van der Waals surface area (Å²) in [5.74, 6) is -1.20. The zero-order valence-corrected chi connectivity index (χ0v) is 16.2. The molecule has 2 aromatic carbocycles. The number of rotatable bonds is 4. The van der Waals surface area contributed by atoms with Crippen LogP contribution in [0.4, 0.5) is 5.69 Å². The molecule has 24 heavy (non-hydrogen) atoms. The first-order valence-electron chi connectivity index (χ1n) is 6.65. The first-order chi connectivity index (χ1) is 11.3. The second-order valence-corrected chi connectivity index (χ2v) is 6.93. The SMILES string of the molecule is Cc1cc(Br)c(Cl)cc1NC(=O)COC(=O)c1ccc(Cl)cc1Cl. The summed E-state index contributed by atoms with van der Waals surface area (Å²) >= 11 is 21.0. The molecule has 1 N–H and O–H groups in total. The van der Waals surface area contributed by atoms with Crippen molar-refractivity contribution in [2.45, 2.75) is 6.92 Å². The third-order valence-electron chi connectivity index (χ3n) is 3.03. The van der Waals surface area contributed by atoms with Crippen molar-refractivity contribution in [1.82, 2.24) is 0 Å². The van der Waals surface area contributed by atoms with Gasteiger partial charge in [0.25, 0.3) is 5.91 Å². The van der Waals surface area contributed by atoms with E-state index in [0.717, 1.165) is 10.0 Å². The van der Waals surface area contributed by atoms with E-state index < -0.39 is 18.5 Å². The summed E-state index contributed by atoms with van der Waals surface area (Å²) in [4.78, 5) is 23.9. The Morgan fingerprint density at radius 3 is 2.50 bits per heavy atom. The summed E-state index contributed by atoms with van der Waals surface area (Å²) < 4.78 is 5.68. The highest BCUT2D eigenvalue weighted by molar-refractivity contribution is 9.10. The Balaban J connectivity index is 1.98. The fourth-order valence-electron chi connectivity index (χ4n) is 1.83. The number of nitrogens with one attached hydrogen (secondary N) is 1. The minimum atomic E-state index is -0.711. The second-order valence-electron chi connectivity index (χ2n) is 4.83. The number of benzene rings is 2. The molecule has 0 aliphatic carbocycles. The molecular weight excluding hydrogens is 440 g/mol. The molecule has 126 valence electrons. The molecule has 8 heteroatoms. The summed E-state index contributed by atoms with van der Waals surface area (Å²) in [6.07, 6.45) is 0. The van der Waals surface area contributed by atoms with Gasteiger partial charge in [-0.3, -0.25) is 4.79 Å². The van der Waals surface area contributed by atoms with E-state index in [9.17, 15) is 9.59 Å². The predicted octanol–water partition coefficient (Wildman–Crippen LogP) is 5.51. The molecule has 0 atom stereocenters. The van der Waals surface area contributed by atoms with Gasteiger partial charge in [-0.15, -0.1) is 0 Å². The number of halogens is 4. The highest BCUT2D eigenvalue weighted by atomic mass is 79.9. The Labute approximate surface area is 162 Å². The van der Waals surface area contributed by atoms with Gasteiger partial charge in [0.1, 0.15) is 0 Å². The molecule has 0 heterocycles. The number of amides is 1. The molecule has 1 amide bonds. The van der Waals surface area contributed by atoms with Gasteiger partial charge >= 0.3 is 5.97 Å². The zero-order chi connectivity index (χ0) is 17.9. The van der Waals surface area contributed by atoms with Gasteiger partial charge in [0.15, 0.2) is 6.61 Å². The summed E-state index contributed by atoms with van der Waals surface area (Å²) in [6, 6.07) is 7.75. The number of hydrogen-bond donors (Lipinski definition) is 1. The second kappa shape index (κ2) is 8.21. The molecule has 0 unspecified atom stereocenters. The van der Waals surface area contributed by atoms with Gasteiger partial charge in [0.2, 0.25) is 0 Å². The van der Waals surface area contributed by atoms with Crippen molar-refractivity contribution in [3.05, 3.63) is 61.0 Å². The van der Waals surface area contributed by atoms with E-state index >= 15 is 0 Å². The molecule has 4 nitrogen and oxygen atoms in total. The van der Waals surface area contributed by atoms with Crippen molar-refractivity contribution in [3.8, 4) is 0 Å². The number of esters is 1. The Bertz CT molecular complexity index is 811. The van der Waals surface area contributed by atoms with Crippen LogP contribution < -0.4 is 5.32 Å². The predicted molar refractivity (Wildman–Crippen MR) is 99.3 cm³/mol. The standard InChI is InChI=1S/C16H11BrCl3NO3/c1-8-4-11(17)13(20)6-14(8)21-15(22)7-24-16(23)10-3-2-9(18)5-12(10)19/h2-6H,7H2,1H3,(H,21,22). The first-order valence-corrected chi connectivity index (χ1v) is 8.58. The lowest BCUT2D eigenvalue weighted by Crippen LogP contribution is -2.21. The molecule has 0 saturated heterocycles. The molecule has 0 aliphatic heterocycles. The lowest BCUT2D eigenvalue weighted by atomic mass is 10.2. The molecule has 0 fully saturated rings. The largest absolute Gasteiger partial charge is 0.452 e. The van der Waals surface area contributed by atoms with Gasteiger partial charge in [-0.05, 0) is 58.7 Å². The Kier molecular flexibility index (Phi) is 6.52. The van der Waals surface area contributed by atoms with Crippen LogP contribution in [-0.2, 0) is 9.53 Å². The maximum absolute atomic E-state index is 11.9. The normalized spacial score (nSPS) is 10.4. The number of anilines is 1. The van der Waals surface area contributed by atoms with Crippen LogP contribution in [0.25, 0.3) is 0 Å². The zero-order valence-electron chi connectivity index (χ0n) is 12.3. The van der Waals surface area contributed by atoms with Crippen LogP contribution in [0.15, 0.2) is 34.8 Å². The van der Waals surface area contributed by atoms with Crippen molar-refractivity contribution in [1.29, 1.82) is 0 Å². The van der Waals surface area contributed by atoms with Crippen LogP contribution in [0.1, 0.15) is 15.9 Å². The maximum atomic E-state index is 11.9. The monoisotopic (exact) mass is 449 g/mol. The summed E-state index contributed by atoms with van der Waals surface area (Å²) in [5, 5.41) is 3.65. The van der Waals surface area contributed by atoms with Crippen LogP contribution in [0.3, 0.4) is 0 Å². The molecule has 2 aromatic rings. The topological polar surface area (TPSA) is 55.4 Å². The van der Waals surface area contributed by atoms with E-state index in [1.165, 1.54) is 18.2 Å². The first kappa shape index (κ1) is 19.1. The van der Waals surface area contributed by atoms with Gasteiger partial charge in [0.05, 0.1) is 15.6 Å². The third-order valence-corrected chi connectivity index (χ3v) is 4.77. The van der Waals surface area contributed by atoms with E-state index in [-0.39, 0.29) is 10.6 Å². The smallest absolute Gasteiger partial charge is 0.340 e. The number of ether oxygens (including phenoxy) is 1. The fourth-order valence-corrected chi connectivity index (χ4v) is 2.94. The Morgan fingerprint density at radius 2 is 1.83 bits per heavy atom. The molecule has 0 aromatic heterocycles. The fraction of sp³-hybridized carbons (Fsp3) is 0.125. The quantitative estimate of drug-likeness (QED) is 0.624. The minimum Gasteiger partial charge on any atom is -0.452 e. The van der Waals surface area contributed by atoms with Crippen molar-refractivity contribution < 1.29 is 14.3 Å². The molecule has 0 radical (unpaired) electrons. The van der Waals surface area contributed by atoms with E-state index in [4.69, 9.17) is 39.5 Å². The number of aryl methyl sites for hydroxylation is 1. The third kappa shape index (κ3) is 4.86. The van der Waals surface area contributed by atoms with Crippen LogP contribution in [0, 0.1) is 6.92 Å². The van der Waals surface area contributed by atoms with Gasteiger partial charge in [-0.1, -0.05) is 34.8 Å². The Hall–Kier alpha value is -1.27. The van der Waals surface area contributed by atoms with Gasteiger partial charge < -0.3 is 10.1 Å². The van der Waals surface area contributed by atoms with Crippen LogP contribution in [0.2, 0.25) is 15.1 Å². The summed E-state index contributed by atoms with van der Waals surface area (Å²) in [5.41, 5.74) is 1.48. The van der Waals surface area contributed by atoms with Gasteiger partial charge in [-0.2, -0.15) is 0 Å². The average molecular weight is 452 g/mol. The van der Waals surface area contributed by atoms with Crippen molar-refractivity contribution >= 4 is 68.3 Å². The molecule has 2 rings (SSSR count). The van der Waals surface area contributed by atoms with E-state index in [0.29, 0.717) is 15.7 Å². The van der Waals surface area contributed by atoms with Crippen LogP contribution >= 0.6 is 50.7 Å². The summed E-state index contributed by atoms with van der Waals surface area (Å²) in [6.45, 7) is 1.36. The number of hydrogen-bond acceptors (Lipinski definition) is 3. The van der Waals surface area contributed by atoms with Crippen molar-refractivity contribution in [3.63, 3.8) is 0 Å². The number of carbonyl (C=O) groups is 2. The number of carbonyl (C=O) groups excluding carboxylic acids is 2. The molecule has 0 saturated carbocycles. The highest BCUT2D eigenvalue weighted by Crippen LogP contribution is 2.29. The van der Waals surface area contributed by atoms with E-state index in [1.807, 2.05) is 6.92 Å². The maximum Gasteiger partial charge on any atom is 0.340 e. The molecule has 0 aliphatic rings. The Morgan fingerprint density at radius 1 is 1.12 bits per heavy atom. The summed E-state index contributed by atoms with van der Waals surface area (Å²) in [7, 11) is 0. The lowest BCUT2D eigenvalue weighted by Gasteiger charge is -2.11. The van der Waals surface area contributed by atoms with Crippen molar-refractivity contribution in [2.75, 3.05) is 11.9 Å². The highest BCUT2D eigenvalue weighted by Gasteiger charge is 2.15. The average Bonchev–Trinajstić information content (AvgIpc) is 2.50. The minimum absolute atomic E-state index is 0.136. The lowest BCUT2D eigenvalue weighted by molar-refractivity contribution is -0.119.